The van der Waals surface area contributed by atoms with E-state index in [9.17, 15) is 9.59 Å². The second-order valence-corrected chi connectivity index (χ2v) is 6.55. The van der Waals surface area contributed by atoms with Crippen LogP contribution in [0.3, 0.4) is 0 Å². The van der Waals surface area contributed by atoms with Crippen LogP contribution in [0.5, 0.6) is 0 Å². The molecule has 0 aliphatic rings. The van der Waals surface area contributed by atoms with Crippen LogP contribution in [0.4, 0.5) is 0 Å². The van der Waals surface area contributed by atoms with Crippen molar-refractivity contribution in [3.05, 3.63) is 77.5 Å². The Balaban J connectivity index is 1.60. The predicted octanol–water partition coefficient (Wildman–Crippen LogP) is 3.69. The Labute approximate surface area is 158 Å². The molecule has 0 bridgehead atoms. The molecule has 27 heavy (non-hydrogen) atoms. The lowest BCUT2D eigenvalue weighted by Crippen LogP contribution is -2.31. The highest BCUT2D eigenvalue weighted by Crippen LogP contribution is 2.12. The van der Waals surface area contributed by atoms with Gasteiger partial charge in [-0.25, -0.2) is 4.98 Å². The van der Waals surface area contributed by atoms with Crippen molar-refractivity contribution < 1.29 is 9.59 Å². The molecule has 0 saturated carbocycles. The molecule has 0 spiro atoms. The number of nitrogens with zero attached hydrogens (tertiary/aromatic N) is 1. The number of para-hydroxylation sites is 1. The maximum Gasteiger partial charge on any atom is 0.270 e. The van der Waals surface area contributed by atoms with Crippen LogP contribution in [-0.4, -0.2) is 22.8 Å². The normalized spacial score (nSPS) is 11.8. The monoisotopic (exact) mass is 361 g/mol. The standard InChI is InChI=1S/C22H23N3O2/c1-3-15(2)24-21(26)18-10-8-16(9-11-18)14-23-22(27)20-13-12-17-6-4-5-7-19(17)25-20/h4-13,15H,3,14H2,1-2H3,(H,23,27)(H,24,26). The lowest BCUT2D eigenvalue weighted by atomic mass is 10.1. The molecule has 1 atom stereocenters. The molecule has 138 valence electrons. The fourth-order valence-corrected chi connectivity index (χ4v) is 2.65. The van der Waals surface area contributed by atoms with Crippen molar-refractivity contribution in [2.45, 2.75) is 32.9 Å². The third kappa shape index (κ3) is 4.70. The first kappa shape index (κ1) is 18.6. The van der Waals surface area contributed by atoms with E-state index in [-0.39, 0.29) is 17.9 Å². The number of fused-ring (bicyclic) bond motifs is 1. The van der Waals surface area contributed by atoms with E-state index < -0.39 is 0 Å². The number of pyridine rings is 1. The summed E-state index contributed by atoms with van der Waals surface area (Å²) in [6.07, 6.45) is 0.888. The van der Waals surface area contributed by atoms with E-state index in [1.54, 1.807) is 18.2 Å². The van der Waals surface area contributed by atoms with Gasteiger partial charge in [-0.2, -0.15) is 0 Å². The molecule has 3 rings (SSSR count). The summed E-state index contributed by atoms with van der Waals surface area (Å²) in [5.41, 5.74) is 2.71. The maximum absolute atomic E-state index is 12.4. The number of rotatable bonds is 6. The van der Waals surface area contributed by atoms with Gasteiger partial charge in [-0.3, -0.25) is 9.59 Å². The maximum atomic E-state index is 12.4. The summed E-state index contributed by atoms with van der Waals surface area (Å²) in [5.74, 6) is -0.306. The third-order valence-electron chi connectivity index (χ3n) is 4.49. The largest absolute Gasteiger partial charge is 0.350 e. The highest BCUT2D eigenvalue weighted by atomic mass is 16.2. The Morgan fingerprint density at radius 1 is 0.963 bits per heavy atom. The lowest BCUT2D eigenvalue weighted by Gasteiger charge is -2.11. The van der Waals surface area contributed by atoms with Gasteiger partial charge < -0.3 is 10.6 Å². The number of nitrogens with one attached hydrogen (secondary N) is 2. The van der Waals surface area contributed by atoms with E-state index >= 15 is 0 Å². The molecular weight excluding hydrogens is 338 g/mol. The molecule has 5 heteroatoms. The number of aromatic nitrogens is 1. The number of benzene rings is 2. The quantitative estimate of drug-likeness (QED) is 0.703. The second kappa shape index (κ2) is 8.45. The highest BCUT2D eigenvalue weighted by Gasteiger charge is 2.10. The van der Waals surface area contributed by atoms with Gasteiger partial charge in [0.25, 0.3) is 11.8 Å². The van der Waals surface area contributed by atoms with Crippen molar-refractivity contribution in [2.75, 3.05) is 0 Å². The predicted molar refractivity (Wildman–Crippen MR) is 107 cm³/mol. The minimum Gasteiger partial charge on any atom is -0.350 e. The summed E-state index contributed by atoms with van der Waals surface area (Å²) in [6.45, 7) is 4.38. The SMILES string of the molecule is CCC(C)NC(=O)c1ccc(CNC(=O)c2ccc3ccccc3n2)cc1. The third-order valence-corrected chi connectivity index (χ3v) is 4.49. The second-order valence-electron chi connectivity index (χ2n) is 6.55. The van der Waals surface area contributed by atoms with Crippen molar-refractivity contribution >= 4 is 22.7 Å². The van der Waals surface area contributed by atoms with Crippen LogP contribution in [0.1, 0.15) is 46.7 Å². The number of carbonyl (C=O) groups is 2. The zero-order chi connectivity index (χ0) is 19.2. The van der Waals surface area contributed by atoms with Gasteiger partial charge in [0.05, 0.1) is 5.52 Å². The Morgan fingerprint density at radius 2 is 1.70 bits per heavy atom. The van der Waals surface area contributed by atoms with Crippen molar-refractivity contribution in [2.24, 2.45) is 0 Å². The van der Waals surface area contributed by atoms with Gasteiger partial charge in [0.2, 0.25) is 0 Å². The summed E-state index contributed by atoms with van der Waals surface area (Å²) < 4.78 is 0. The molecule has 2 amide bonds. The first-order valence-electron chi connectivity index (χ1n) is 9.10. The molecule has 0 aliphatic heterocycles. The summed E-state index contributed by atoms with van der Waals surface area (Å²) >= 11 is 0. The molecule has 2 aromatic carbocycles. The first-order chi connectivity index (χ1) is 13.1. The van der Waals surface area contributed by atoms with Crippen LogP contribution < -0.4 is 10.6 Å². The smallest absolute Gasteiger partial charge is 0.270 e. The van der Waals surface area contributed by atoms with E-state index in [2.05, 4.69) is 15.6 Å². The van der Waals surface area contributed by atoms with Crippen LogP contribution in [-0.2, 0) is 6.54 Å². The molecule has 3 aromatic rings. The molecule has 1 aromatic heterocycles. The van der Waals surface area contributed by atoms with E-state index in [4.69, 9.17) is 0 Å². The molecule has 0 saturated heterocycles. The topological polar surface area (TPSA) is 71.1 Å². The van der Waals surface area contributed by atoms with Crippen LogP contribution in [0, 0.1) is 0 Å². The molecule has 2 N–H and O–H groups in total. The zero-order valence-electron chi connectivity index (χ0n) is 15.5. The molecular formula is C22H23N3O2. The number of hydrogen-bond acceptors (Lipinski definition) is 3. The molecule has 0 aliphatic carbocycles. The van der Waals surface area contributed by atoms with Gasteiger partial charge in [0.1, 0.15) is 5.69 Å². The fraction of sp³-hybridized carbons (Fsp3) is 0.227. The van der Waals surface area contributed by atoms with Gasteiger partial charge in [-0.1, -0.05) is 43.3 Å². The van der Waals surface area contributed by atoms with E-state index in [0.717, 1.165) is 22.9 Å². The van der Waals surface area contributed by atoms with E-state index in [0.29, 0.717) is 17.8 Å². The minimum atomic E-state index is -0.223. The summed E-state index contributed by atoms with van der Waals surface area (Å²) in [6, 6.07) is 18.7. The van der Waals surface area contributed by atoms with Gasteiger partial charge in [-0.15, -0.1) is 0 Å². The van der Waals surface area contributed by atoms with Gasteiger partial charge in [-0.05, 0) is 43.2 Å². The average molecular weight is 361 g/mol. The van der Waals surface area contributed by atoms with Gasteiger partial charge >= 0.3 is 0 Å². The van der Waals surface area contributed by atoms with Crippen LogP contribution in [0.2, 0.25) is 0 Å². The van der Waals surface area contributed by atoms with Crippen LogP contribution in [0.15, 0.2) is 60.7 Å². The first-order valence-corrected chi connectivity index (χ1v) is 9.10. The van der Waals surface area contributed by atoms with Crippen molar-refractivity contribution in [3.63, 3.8) is 0 Å². The van der Waals surface area contributed by atoms with Crippen molar-refractivity contribution in [1.82, 2.24) is 15.6 Å². The number of hydrogen-bond donors (Lipinski definition) is 2. The molecule has 0 radical (unpaired) electrons. The Morgan fingerprint density at radius 3 is 2.44 bits per heavy atom. The van der Waals surface area contributed by atoms with Crippen LogP contribution in [0.25, 0.3) is 10.9 Å². The molecule has 1 heterocycles. The fourth-order valence-electron chi connectivity index (χ4n) is 2.65. The Kier molecular flexibility index (Phi) is 5.81. The Bertz CT molecular complexity index is 951. The molecule has 5 nitrogen and oxygen atoms in total. The lowest BCUT2D eigenvalue weighted by molar-refractivity contribution is 0.0933. The highest BCUT2D eigenvalue weighted by molar-refractivity contribution is 5.95. The number of amides is 2. The van der Waals surface area contributed by atoms with Crippen LogP contribution >= 0.6 is 0 Å². The van der Waals surface area contributed by atoms with Crippen molar-refractivity contribution in [3.8, 4) is 0 Å². The van der Waals surface area contributed by atoms with Crippen molar-refractivity contribution in [1.29, 1.82) is 0 Å². The van der Waals surface area contributed by atoms with E-state index in [1.165, 1.54) is 0 Å². The minimum absolute atomic E-state index is 0.0831. The molecule has 0 fully saturated rings. The van der Waals surface area contributed by atoms with E-state index in [1.807, 2.05) is 56.3 Å². The summed E-state index contributed by atoms with van der Waals surface area (Å²) in [7, 11) is 0. The summed E-state index contributed by atoms with van der Waals surface area (Å²) in [4.78, 5) is 28.8. The molecule has 1 unspecified atom stereocenters. The summed E-state index contributed by atoms with van der Waals surface area (Å²) in [5, 5.41) is 6.80. The zero-order valence-corrected chi connectivity index (χ0v) is 15.5. The van der Waals surface area contributed by atoms with Gasteiger partial charge in [0, 0.05) is 23.5 Å². The number of carbonyl (C=O) groups excluding carboxylic acids is 2. The van der Waals surface area contributed by atoms with Gasteiger partial charge in [0.15, 0.2) is 0 Å². The average Bonchev–Trinajstić information content (AvgIpc) is 2.71. The Hall–Kier alpha value is -3.21.